The molecule has 5 nitrogen and oxygen atoms in total. The predicted molar refractivity (Wildman–Crippen MR) is 77.9 cm³/mol. The number of nitrogens with one attached hydrogen (secondary N) is 1. The molecule has 0 aromatic carbocycles. The van der Waals surface area contributed by atoms with E-state index in [1.165, 1.54) is 0 Å². The van der Waals surface area contributed by atoms with E-state index in [1.807, 2.05) is 39.8 Å². The zero-order chi connectivity index (χ0) is 15.9. The molecule has 5 heteroatoms. The molecule has 0 aliphatic rings. The number of carboxylic acid groups (broad SMARTS) is 1. The lowest BCUT2D eigenvalue weighted by Gasteiger charge is -2.30. The van der Waals surface area contributed by atoms with Gasteiger partial charge < -0.3 is 20.1 Å². The molecule has 2 atom stereocenters. The fourth-order valence-corrected chi connectivity index (χ4v) is 2.06. The van der Waals surface area contributed by atoms with Gasteiger partial charge in [-0.25, -0.2) is 0 Å². The van der Waals surface area contributed by atoms with E-state index in [0.29, 0.717) is 13.0 Å². The summed E-state index contributed by atoms with van der Waals surface area (Å²) in [4.78, 5) is 25.3. The van der Waals surface area contributed by atoms with Crippen LogP contribution in [0.1, 0.15) is 40.5 Å². The maximum Gasteiger partial charge on any atom is 0.223 e. The van der Waals surface area contributed by atoms with Crippen LogP contribution in [0.3, 0.4) is 0 Å². The van der Waals surface area contributed by atoms with Crippen molar-refractivity contribution in [3.63, 3.8) is 0 Å². The average molecular weight is 285 g/mol. The Kier molecular flexibility index (Phi) is 7.79. The van der Waals surface area contributed by atoms with Gasteiger partial charge in [-0.3, -0.25) is 4.79 Å². The molecule has 2 unspecified atom stereocenters. The Labute approximate surface area is 122 Å². The molecule has 0 radical (unpaired) electrons. The quantitative estimate of drug-likeness (QED) is 0.659. The Hall–Kier alpha value is -1.10. The zero-order valence-electron chi connectivity index (χ0n) is 13.7. The van der Waals surface area contributed by atoms with Crippen LogP contribution in [0.4, 0.5) is 0 Å². The van der Waals surface area contributed by atoms with Gasteiger partial charge >= 0.3 is 0 Å². The van der Waals surface area contributed by atoms with E-state index in [2.05, 4.69) is 5.32 Å². The van der Waals surface area contributed by atoms with E-state index in [-0.39, 0.29) is 11.3 Å². The third-order valence-corrected chi connectivity index (χ3v) is 3.23. The highest BCUT2D eigenvalue weighted by atomic mass is 16.4. The first-order valence-corrected chi connectivity index (χ1v) is 7.18. The number of carbonyl (C=O) groups is 2. The summed E-state index contributed by atoms with van der Waals surface area (Å²) in [5.74, 6) is -2.67. The maximum absolute atomic E-state index is 12.2. The third kappa shape index (κ3) is 8.15. The van der Waals surface area contributed by atoms with Gasteiger partial charge in [-0.05, 0) is 38.9 Å². The van der Waals surface area contributed by atoms with E-state index >= 15 is 0 Å². The summed E-state index contributed by atoms with van der Waals surface area (Å²) >= 11 is 0. The monoisotopic (exact) mass is 285 g/mol. The summed E-state index contributed by atoms with van der Waals surface area (Å²) in [6.45, 7) is 9.01. The fourth-order valence-electron chi connectivity index (χ4n) is 2.06. The van der Waals surface area contributed by atoms with Crippen LogP contribution in [0.5, 0.6) is 0 Å². The highest BCUT2D eigenvalue weighted by Crippen LogP contribution is 2.29. The molecule has 0 heterocycles. The number of aliphatic carboxylic acids is 1. The summed E-state index contributed by atoms with van der Waals surface area (Å²) < 4.78 is 0. The highest BCUT2D eigenvalue weighted by Gasteiger charge is 2.30. The number of amides is 1. The Morgan fingerprint density at radius 1 is 1.25 bits per heavy atom. The molecule has 0 fully saturated rings. The predicted octanol–water partition coefficient (Wildman–Crippen LogP) is 0.493. The number of carboxylic acids is 1. The van der Waals surface area contributed by atoms with Crippen LogP contribution in [0.2, 0.25) is 0 Å². The van der Waals surface area contributed by atoms with E-state index < -0.39 is 17.8 Å². The summed E-state index contributed by atoms with van der Waals surface area (Å²) in [5.41, 5.74) is -0.102. The average Bonchev–Trinajstić information content (AvgIpc) is 2.29. The Morgan fingerprint density at radius 2 is 1.80 bits per heavy atom. The standard InChI is InChI=1S/C15H30N2O3/c1-11(14(19)20)12(10-15(2,3)4)13(18)16-8-7-9-17(5)6/h11-12H,7-10H2,1-6H3,(H,16,18)(H,19,20)/p-1. The second kappa shape index (κ2) is 8.25. The van der Waals surface area contributed by atoms with Crippen molar-refractivity contribution in [2.45, 2.75) is 40.5 Å². The number of hydrogen-bond donors (Lipinski definition) is 1. The first kappa shape index (κ1) is 18.9. The summed E-state index contributed by atoms with van der Waals surface area (Å²) in [7, 11) is 3.95. The number of hydrogen-bond acceptors (Lipinski definition) is 4. The van der Waals surface area contributed by atoms with Gasteiger partial charge in [-0.1, -0.05) is 27.7 Å². The van der Waals surface area contributed by atoms with Gasteiger partial charge in [0, 0.05) is 24.3 Å². The molecule has 0 aromatic rings. The van der Waals surface area contributed by atoms with Gasteiger partial charge in [0.1, 0.15) is 0 Å². The molecule has 1 amide bonds. The van der Waals surface area contributed by atoms with Gasteiger partial charge in [0.05, 0.1) is 0 Å². The van der Waals surface area contributed by atoms with E-state index in [4.69, 9.17) is 0 Å². The van der Waals surface area contributed by atoms with Crippen LogP contribution in [-0.4, -0.2) is 44.0 Å². The van der Waals surface area contributed by atoms with Crippen molar-refractivity contribution in [1.82, 2.24) is 10.2 Å². The van der Waals surface area contributed by atoms with Crippen molar-refractivity contribution < 1.29 is 14.7 Å². The van der Waals surface area contributed by atoms with Crippen molar-refractivity contribution in [2.24, 2.45) is 17.3 Å². The second-order valence-electron chi connectivity index (χ2n) is 6.93. The van der Waals surface area contributed by atoms with Crippen molar-refractivity contribution >= 4 is 11.9 Å². The van der Waals surface area contributed by atoms with E-state index in [9.17, 15) is 14.7 Å². The molecule has 0 saturated carbocycles. The molecule has 0 saturated heterocycles. The molecule has 0 spiro atoms. The van der Waals surface area contributed by atoms with Gasteiger partial charge in [-0.2, -0.15) is 0 Å². The number of carbonyl (C=O) groups excluding carboxylic acids is 2. The van der Waals surface area contributed by atoms with Crippen LogP contribution in [0, 0.1) is 17.3 Å². The molecule has 0 bridgehead atoms. The summed E-state index contributed by atoms with van der Waals surface area (Å²) in [5, 5.41) is 13.9. The Balaban J connectivity index is 4.53. The van der Waals surface area contributed by atoms with Crippen molar-refractivity contribution in [1.29, 1.82) is 0 Å². The molecule has 118 valence electrons. The molecule has 0 aliphatic heterocycles. The van der Waals surface area contributed by atoms with E-state index in [0.717, 1.165) is 13.0 Å². The van der Waals surface area contributed by atoms with E-state index in [1.54, 1.807) is 6.92 Å². The SMILES string of the molecule is CC(C(=O)[O-])C(CC(C)(C)C)C(=O)NCCCN(C)C. The molecular weight excluding hydrogens is 256 g/mol. The number of rotatable bonds is 8. The maximum atomic E-state index is 12.2. The topological polar surface area (TPSA) is 72.5 Å². The van der Waals surface area contributed by atoms with Gasteiger partial charge in [0.2, 0.25) is 5.91 Å². The fraction of sp³-hybridized carbons (Fsp3) is 0.867. The highest BCUT2D eigenvalue weighted by molar-refractivity contribution is 5.83. The molecular formula is C15H29N2O3-. The Bertz CT molecular complexity index is 322. The van der Waals surface area contributed by atoms with Gasteiger partial charge in [0.25, 0.3) is 0 Å². The van der Waals surface area contributed by atoms with Crippen molar-refractivity contribution in [3.05, 3.63) is 0 Å². The molecule has 0 aromatic heterocycles. The lowest BCUT2D eigenvalue weighted by Crippen LogP contribution is -2.43. The van der Waals surface area contributed by atoms with Crippen LogP contribution in [0.25, 0.3) is 0 Å². The smallest absolute Gasteiger partial charge is 0.223 e. The third-order valence-electron chi connectivity index (χ3n) is 3.23. The van der Waals surface area contributed by atoms with Crippen LogP contribution in [-0.2, 0) is 9.59 Å². The normalized spacial score (nSPS) is 14.9. The Morgan fingerprint density at radius 3 is 2.20 bits per heavy atom. The first-order valence-electron chi connectivity index (χ1n) is 7.18. The van der Waals surface area contributed by atoms with Gasteiger partial charge in [0.15, 0.2) is 0 Å². The minimum absolute atomic E-state index is 0.102. The van der Waals surface area contributed by atoms with Gasteiger partial charge in [-0.15, -0.1) is 0 Å². The van der Waals surface area contributed by atoms with Crippen LogP contribution < -0.4 is 10.4 Å². The first-order chi connectivity index (χ1) is 9.04. The molecule has 1 N–H and O–H groups in total. The lowest BCUT2D eigenvalue weighted by atomic mass is 9.78. The lowest BCUT2D eigenvalue weighted by molar-refractivity contribution is -0.312. The molecule has 20 heavy (non-hydrogen) atoms. The summed E-state index contributed by atoms with van der Waals surface area (Å²) in [6.07, 6.45) is 1.38. The van der Waals surface area contributed by atoms with Crippen molar-refractivity contribution in [3.8, 4) is 0 Å². The van der Waals surface area contributed by atoms with Crippen molar-refractivity contribution in [2.75, 3.05) is 27.2 Å². The zero-order valence-corrected chi connectivity index (χ0v) is 13.7. The minimum Gasteiger partial charge on any atom is -0.550 e. The van der Waals surface area contributed by atoms with Crippen LogP contribution in [0.15, 0.2) is 0 Å². The van der Waals surface area contributed by atoms with Crippen LogP contribution >= 0.6 is 0 Å². The number of nitrogens with zero attached hydrogens (tertiary/aromatic N) is 1. The minimum atomic E-state index is -1.16. The second-order valence-corrected chi connectivity index (χ2v) is 6.93. The molecule has 0 aliphatic carbocycles. The summed E-state index contributed by atoms with van der Waals surface area (Å²) in [6, 6.07) is 0. The molecule has 0 rings (SSSR count). The largest absolute Gasteiger partial charge is 0.550 e.